The average Bonchev–Trinajstić information content (AvgIpc) is 2.49. The summed E-state index contributed by atoms with van der Waals surface area (Å²) >= 11 is 9.54. The van der Waals surface area contributed by atoms with Crippen LogP contribution in [0.2, 0.25) is 5.02 Å². The molecule has 0 saturated heterocycles. The second kappa shape index (κ2) is 7.57. The first-order valence-electron chi connectivity index (χ1n) is 6.62. The van der Waals surface area contributed by atoms with Crippen LogP contribution in [0.1, 0.15) is 12.5 Å². The van der Waals surface area contributed by atoms with Gasteiger partial charge in [-0.2, -0.15) is 0 Å². The highest BCUT2D eigenvalue weighted by Gasteiger charge is 2.06. The van der Waals surface area contributed by atoms with Gasteiger partial charge < -0.3 is 14.8 Å². The van der Waals surface area contributed by atoms with E-state index in [1.54, 1.807) is 7.11 Å². The van der Waals surface area contributed by atoms with E-state index in [1.807, 2.05) is 43.3 Å². The molecule has 0 aliphatic rings. The van der Waals surface area contributed by atoms with Gasteiger partial charge in [0.2, 0.25) is 0 Å². The zero-order chi connectivity index (χ0) is 15.2. The maximum atomic E-state index is 6.02. The van der Waals surface area contributed by atoms with Crippen molar-refractivity contribution >= 4 is 33.2 Å². The van der Waals surface area contributed by atoms with Gasteiger partial charge in [0.05, 0.1) is 13.7 Å². The van der Waals surface area contributed by atoms with E-state index in [1.165, 1.54) is 0 Å². The Hall–Kier alpha value is -1.39. The Kier molecular flexibility index (Phi) is 5.76. The zero-order valence-electron chi connectivity index (χ0n) is 12.0. The summed E-state index contributed by atoms with van der Waals surface area (Å²) in [5, 5.41) is 4.07. The molecule has 2 aromatic carbocycles. The van der Waals surface area contributed by atoms with Gasteiger partial charge in [0.15, 0.2) is 11.5 Å². The third kappa shape index (κ3) is 4.29. The molecule has 0 unspecified atom stereocenters. The maximum Gasteiger partial charge on any atom is 0.162 e. The van der Waals surface area contributed by atoms with Crippen LogP contribution < -0.4 is 14.8 Å². The van der Waals surface area contributed by atoms with Crippen LogP contribution in [0.5, 0.6) is 11.5 Å². The fraction of sp³-hybridized carbons (Fsp3) is 0.250. The van der Waals surface area contributed by atoms with Crippen molar-refractivity contribution in [2.45, 2.75) is 13.5 Å². The Morgan fingerprint density at radius 1 is 1.14 bits per heavy atom. The molecule has 112 valence electrons. The predicted octanol–water partition coefficient (Wildman–Crippen LogP) is 5.12. The van der Waals surface area contributed by atoms with Crippen LogP contribution in [0.4, 0.5) is 5.69 Å². The summed E-state index contributed by atoms with van der Waals surface area (Å²) in [6.07, 6.45) is 0. The molecule has 0 spiro atoms. The Bertz CT molecular complexity index is 619. The molecule has 0 aliphatic carbocycles. The molecular weight excluding hydrogens is 354 g/mol. The number of benzene rings is 2. The van der Waals surface area contributed by atoms with E-state index in [9.17, 15) is 0 Å². The molecule has 2 aromatic rings. The number of methoxy groups -OCH3 is 1. The topological polar surface area (TPSA) is 30.5 Å². The fourth-order valence-electron chi connectivity index (χ4n) is 1.93. The van der Waals surface area contributed by atoms with E-state index in [-0.39, 0.29) is 0 Å². The van der Waals surface area contributed by atoms with Crippen molar-refractivity contribution in [1.29, 1.82) is 0 Å². The van der Waals surface area contributed by atoms with Crippen LogP contribution in [0.25, 0.3) is 0 Å². The Morgan fingerprint density at radius 3 is 2.67 bits per heavy atom. The molecule has 0 heterocycles. The number of halogens is 2. The lowest BCUT2D eigenvalue weighted by molar-refractivity contribution is 0.311. The summed E-state index contributed by atoms with van der Waals surface area (Å²) in [6, 6.07) is 11.5. The molecule has 0 radical (unpaired) electrons. The SMILES string of the molecule is CCOc1ccc(NCc2cc(Cl)ccc2Br)cc1OC. The smallest absolute Gasteiger partial charge is 0.162 e. The van der Waals surface area contributed by atoms with Crippen LogP contribution in [-0.2, 0) is 6.54 Å². The maximum absolute atomic E-state index is 6.02. The van der Waals surface area contributed by atoms with Crippen molar-refractivity contribution in [2.24, 2.45) is 0 Å². The Labute approximate surface area is 138 Å². The molecule has 0 saturated carbocycles. The van der Waals surface area contributed by atoms with Crippen molar-refractivity contribution in [1.82, 2.24) is 0 Å². The van der Waals surface area contributed by atoms with Crippen molar-refractivity contribution in [3.05, 3.63) is 51.5 Å². The summed E-state index contributed by atoms with van der Waals surface area (Å²) < 4.78 is 11.9. The number of hydrogen-bond donors (Lipinski definition) is 1. The van der Waals surface area contributed by atoms with Gasteiger partial charge in [-0.05, 0) is 42.8 Å². The van der Waals surface area contributed by atoms with Gasteiger partial charge in [0.1, 0.15) is 0 Å². The van der Waals surface area contributed by atoms with Crippen LogP contribution >= 0.6 is 27.5 Å². The highest BCUT2D eigenvalue weighted by atomic mass is 79.9. The molecule has 0 bridgehead atoms. The third-order valence-corrected chi connectivity index (χ3v) is 3.96. The summed E-state index contributed by atoms with van der Waals surface area (Å²) in [7, 11) is 1.63. The highest BCUT2D eigenvalue weighted by molar-refractivity contribution is 9.10. The molecule has 0 atom stereocenters. The fourth-order valence-corrected chi connectivity index (χ4v) is 2.51. The van der Waals surface area contributed by atoms with E-state index in [2.05, 4.69) is 21.2 Å². The van der Waals surface area contributed by atoms with Gasteiger partial charge in [-0.25, -0.2) is 0 Å². The summed E-state index contributed by atoms with van der Waals surface area (Å²) in [6.45, 7) is 3.22. The largest absolute Gasteiger partial charge is 0.493 e. The quantitative estimate of drug-likeness (QED) is 0.765. The molecule has 2 rings (SSSR count). The molecule has 3 nitrogen and oxygen atoms in total. The molecular formula is C16H17BrClNO2. The minimum Gasteiger partial charge on any atom is -0.493 e. The first-order valence-corrected chi connectivity index (χ1v) is 7.79. The van der Waals surface area contributed by atoms with Gasteiger partial charge in [-0.3, -0.25) is 0 Å². The lowest BCUT2D eigenvalue weighted by atomic mass is 10.2. The summed E-state index contributed by atoms with van der Waals surface area (Å²) in [4.78, 5) is 0. The van der Waals surface area contributed by atoms with E-state index < -0.39 is 0 Å². The van der Waals surface area contributed by atoms with Crippen LogP contribution in [0.15, 0.2) is 40.9 Å². The third-order valence-electron chi connectivity index (χ3n) is 2.95. The number of rotatable bonds is 6. The van der Waals surface area contributed by atoms with Crippen molar-refractivity contribution in [3.63, 3.8) is 0 Å². The standard InChI is InChI=1S/C16H17BrClNO2/c1-3-21-15-7-5-13(9-16(15)20-2)19-10-11-8-12(18)4-6-14(11)17/h4-9,19H,3,10H2,1-2H3. The van der Waals surface area contributed by atoms with E-state index in [4.69, 9.17) is 21.1 Å². The van der Waals surface area contributed by atoms with Crippen molar-refractivity contribution < 1.29 is 9.47 Å². The Balaban J connectivity index is 2.11. The normalized spacial score (nSPS) is 10.3. The average molecular weight is 371 g/mol. The predicted molar refractivity (Wildman–Crippen MR) is 90.6 cm³/mol. The van der Waals surface area contributed by atoms with E-state index in [0.717, 1.165) is 26.5 Å². The molecule has 21 heavy (non-hydrogen) atoms. The lowest BCUT2D eigenvalue weighted by Gasteiger charge is -2.13. The minimum absolute atomic E-state index is 0.610. The molecule has 0 amide bonds. The monoisotopic (exact) mass is 369 g/mol. The van der Waals surface area contributed by atoms with E-state index >= 15 is 0 Å². The number of hydrogen-bond acceptors (Lipinski definition) is 3. The van der Waals surface area contributed by atoms with Gasteiger partial charge in [0, 0.05) is 27.8 Å². The minimum atomic E-state index is 0.610. The molecule has 0 aliphatic heterocycles. The van der Waals surface area contributed by atoms with Crippen molar-refractivity contribution in [2.75, 3.05) is 19.0 Å². The zero-order valence-corrected chi connectivity index (χ0v) is 14.3. The van der Waals surface area contributed by atoms with Gasteiger partial charge in [-0.15, -0.1) is 0 Å². The van der Waals surface area contributed by atoms with E-state index in [0.29, 0.717) is 18.9 Å². The number of nitrogens with one attached hydrogen (secondary N) is 1. The first kappa shape index (κ1) is 16.0. The Morgan fingerprint density at radius 2 is 1.95 bits per heavy atom. The van der Waals surface area contributed by atoms with Crippen molar-refractivity contribution in [3.8, 4) is 11.5 Å². The molecule has 0 aromatic heterocycles. The van der Waals surface area contributed by atoms with Crippen LogP contribution in [-0.4, -0.2) is 13.7 Å². The number of anilines is 1. The molecule has 5 heteroatoms. The van der Waals surface area contributed by atoms with Gasteiger partial charge in [0.25, 0.3) is 0 Å². The summed E-state index contributed by atoms with van der Waals surface area (Å²) in [5.41, 5.74) is 2.05. The highest BCUT2D eigenvalue weighted by Crippen LogP contribution is 2.30. The van der Waals surface area contributed by atoms with Crippen LogP contribution in [0, 0.1) is 0 Å². The number of ether oxygens (including phenoxy) is 2. The summed E-state index contributed by atoms with van der Waals surface area (Å²) in [5.74, 6) is 1.46. The molecule has 1 N–H and O–H groups in total. The molecule has 0 fully saturated rings. The van der Waals surface area contributed by atoms with Gasteiger partial charge >= 0.3 is 0 Å². The second-order valence-corrected chi connectivity index (χ2v) is 5.68. The second-order valence-electron chi connectivity index (χ2n) is 4.39. The van der Waals surface area contributed by atoms with Gasteiger partial charge in [-0.1, -0.05) is 27.5 Å². The first-order chi connectivity index (χ1) is 10.1. The lowest BCUT2D eigenvalue weighted by Crippen LogP contribution is -2.01. The van der Waals surface area contributed by atoms with Crippen LogP contribution in [0.3, 0.4) is 0 Å².